The van der Waals surface area contributed by atoms with E-state index in [1.54, 1.807) is 31.2 Å². The van der Waals surface area contributed by atoms with E-state index in [9.17, 15) is 19.5 Å². The number of carboxylic acid groups (broad SMARTS) is 1. The number of aryl methyl sites for hydroxylation is 1. The van der Waals surface area contributed by atoms with E-state index in [4.69, 9.17) is 0 Å². The van der Waals surface area contributed by atoms with Gasteiger partial charge < -0.3 is 10.4 Å². The number of thiophene rings is 1. The molecule has 0 saturated carbocycles. The molecule has 7 nitrogen and oxygen atoms in total. The fraction of sp³-hybridized carbons (Fsp3) is 0.130. The van der Waals surface area contributed by atoms with Gasteiger partial charge in [0.05, 0.1) is 10.9 Å². The predicted molar refractivity (Wildman–Crippen MR) is 121 cm³/mol. The summed E-state index contributed by atoms with van der Waals surface area (Å²) in [7, 11) is 0. The van der Waals surface area contributed by atoms with Gasteiger partial charge in [0.1, 0.15) is 16.7 Å². The van der Waals surface area contributed by atoms with E-state index in [1.165, 1.54) is 9.95 Å². The maximum absolute atomic E-state index is 13.5. The molecule has 2 aromatic carbocycles. The highest BCUT2D eigenvalue weighted by Gasteiger charge is 2.26. The molecule has 2 N–H and O–H groups in total. The topological polar surface area (TPSA) is 101 Å². The maximum atomic E-state index is 13.5. The summed E-state index contributed by atoms with van der Waals surface area (Å²) in [6.07, 6.45) is 0. The monoisotopic (exact) mass is 433 g/mol. The first-order valence-corrected chi connectivity index (χ1v) is 10.5. The van der Waals surface area contributed by atoms with E-state index >= 15 is 0 Å². The van der Waals surface area contributed by atoms with Gasteiger partial charge in [-0.1, -0.05) is 42.5 Å². The maximum Gasteiger partial charge on any atom is 0.337 e. The number of aromatic nitrogens is 2. The Hall–Kier alpha value is -3.78. The minimum absolute atomic E-state index is 0.00851. The van der Waals surface area contributed by atoms with Gasteiger partial charge in [-0.3, -0.25) is 14.2 Å². The Kier molecular flexibility index (Phi) is 5.39. The van der Waals surface area contributed by atoms with Gasteiger partial charge in [0.2, 0.25) is 5.91 Å². The molecule has 0 bridgehead atoms. The van der Waals surface area contributed by atoms with Crippen LogP contribution in [0.2, 0.25) is 0 Å². The average molecular weight is 433 g/mol. The molecule has 2 heterocycles. The zero-order valence-electron chi connectivity index (χ0n) is 16.8. The first-order chi connectivity index (χ1) is 14.9. The summed E-state index contributed by atoms with van der Waals surface area (Å²) in [6, 6.07) is 15.4. The summed E-state index contributed by atoms with van der Waals surface area (Å²) < 4.78 is 1.28. The molecule has 0 aliphatic heterocycles. The Morgan fingerprint density at radius 2 is 1.77 bits per heavy atom. The van der Waals surface area contributed by atoms with E-state index in [2.05, 4.69) is 10.3 Å². The van der Waals surface area contributed by atoms with Crippen molar-refractivity contribution in [2.75, 3.05) is 5.32 Å². The van der Waals surface area contributed by atoms with Gasteiger partial charge in [-0.2, -0.15) is 0 Å². The van der Waals surface area contributed by atoms with Crippen LogP contribution in [-0.4, -0.2) is 26.5 Å². The van der Waals surface area contributed by atoms with Crippen molar-refractivity contribution in [2.45, 2.75) is 19.9 Å². The Bertz CT molecular complexity index is 1360. The summed E-state index contributed by atoms with van der Waals surface area (Å²) in [6.45, 7) is 3.49. The van der Waals surface area contributed by atoms with Crippen LogP contribution >= 0.6 is 11.3 Å². The zero-order valence-corrected chi connectivity index (χ0v) is 17.6. The van der Waals surface area contributed by atoms with Crippen LogP contribution in [0.1, 0.15) is 28.9 Å². The van der Waals surface area contributed by atoms with Crippen molar-refractivity contribution in [1.29, 1.82) is 0 Å². The molecular formula is C23H19N3O4S. The summed E-state index contributed by atoms with van der Waals surface area (Å²) in [5, 5.41) is 13.7. The minimum Gasteiger partial charge on any atom is -0.478 e. The zero-order chi connectivity index (χ0) is 22.1. The molecule has 8 heteroatoms. The van der Waals surface area contributed by atoms with Crippen LogP contribution in [-0.2, 0) is 4.79 Å². The molecule has 0 fully saturated rings. The number of amides is 1. The number of para-hydroxylation sites is 1. The number of carbonyl (C=O) groups is 2. The second-order valence-electron chi connectivity index (χ2n) is 7.09. The molecule has 31 heavy (non-hydrogen) atoms. The molecule has 1 unspecified atom stereocenters. The van der Waals surface area contributed by atoms with Crippen LogP contribution in [0, 0.1) is 6.92 Å². The molecule has 1 amide bonds. The van der Waals surface area contributed by atoms with Crippen molar-refractivity contribution in [3.8, 4) is 11.4 Å². The van der Waals surface area contributed by atoms with E-state index in [0.29, 0.717) is 21.9 Å². The van der Waals surface area contributed by atoms with E-state index in [1.807, 2.05) is 37.3 Å². The molecule has 4 rings (SSSR count). The summed E-state index contributed by atoms with van der Waals surface area (Å²) >= 11 is 1.10. The fourth-order valence-corrected chi connectivity index (χ4v) is 4.32. The number of hydrogen-bond acceptors (Lipinski definition) is 5. The van der Waals surface area contributed by atoms with Crippen molar-refractivity contribution in [2.24, 2.45) is 0 Å². The second kappa shape index (κ2) is 8.16. The summed E-state index contributed by atoms with van der Waals surface area (Å²) in [5.74, 6) is -1.29. The molecule has 2 aromatic heterocycles. The number of aromatic carboxylic acids is 1. The lowest BCUT2D eigenvalue weighted by Gasteiger charge is -2.20. The SMILES string of the molecule is Cc1ccccc1-c1nc2scc(C(=O)O)c2c(=O)n1C(C)C(=O)Nc1ccccc1. The van der Waals surface area contributed by atoms with Gasteiger partial charge in [-0.15, -0.1) is 11.3 Å². The number of fused-ring (bicyclic) bond motifs is 1. The molecule has 4 aromatic rings. The highest BCUT2D eigenvalue weighted by molar-refractivity contribution is 7.17. The van der Waals surface area contributed by atoms with Crippen LogP contribution in [0.25, 0.3) is 21.6 Å². The Morgan fingerprint density at radius 1 is 1.10 bits per heavy atom. The van der Waals surface area contributed by atoms with Crippen molar-refractivity contribution in [3.05, 3.63) is 81.5 Å². The highest BCUT2D eigenvalue weighted by Crippen LogP contribution is 2.29. The molecule has 1 atom stereocenters. The number of benzene rings is 2. The van der Waals surface area contributed by atoms with Gasteiger partial charge in [0.15, 0.2) is 0 Å². The standard InChI is InChI=1S/C23H19N3O4S/c1-13-8-6-7-11-16(13)19-25-21-18(17(12-31-21)23(29)30)22(28)26(19)14(2)20(27)24-15-9-4-3-5-10-15/h3-12,14H,1-2H3,(H,24,27)(H,29,30). The first-order valence-electron chi connectivity index (χ1n) is 9.57. The predicted octanol–water partition coefficient (Wildman–Crippen LogP) is 4.33. The summed E-state index contributed by atoms with van der Waals surface area (Å²) in [5.41, 5.74) is 1.51. The average Bonchev–Trinajstić information content (AvgIpc) is 3.19. The first kappa shape index (κ1) is 20.5. The number of hydrogen-bond donors (Lipinski definition) is 2. The number of nitrogens with one attached hydrogen (secondary N) is 1. The third kappa shape index (κ3) is 3.73. The third-order valence-electron chi connectivity index (χ3n) is 5.06. The molecule has 0 aliphatic carbocycles. The number of rotatable bonds is 5. The van der Waals surface area contributed by atoms with Gasteiger partial charge in [-0.25, -0.2) is 9.78 Å². The molecular weight excluding hydrogens is 414 g/mol. The molecule has 0 spiro atoms. The Labute approximate surface area is 181 Å². The number of anilines is 1. The Morgan fingerprint density at radius 3 is 2.45 bits per heavy atom. The van der Waals surface area contributed by atoms with Crippen LogP contribution in [0.4, 0.5) is 5.69 Å². The van der Waals surface area contributed by atoms with E-state index < -0.39 is 23.5 Å². The smallest absolute Gasteiger partial charge is 0.337 e. The molecule has 156 valence electrons. The largest absolute Gasteiger partial charge is 0.478 e. The number of carbonyl (C=O) groups excluding carboxylic acids is 1. The van der Waals surface area contributed by atoms with Gasteiger partial charge in [0.25, 0.3) is 5.56 Å². The van der Waals surface area contributed by atoms with Crippen LogP contribution in [0.15, 0.2) is 64.8 Å². The van der Waals surface area contributed by atoms with Crippen LogP contribution < -0.4 is 10.9 Å². The second-order valence-corrected chi connectivity index (χ2v) is 7.95. The molecule has 0 aliphatic rings. The molecule has 0 saturated heterocycles. The lowest BCUT2D eigenvalue weighted by atomic mass is 10.1. The van der Waals surface area contributed by atoms with Crippen LogP contribution in [0.3, 0.4) is 0 Å². The number of nitrogens with zero attached hydrogens (tertiary/aromatic N) is 2. The van der Waals surface area contributed by atoms with Crippen molar-refractivity contribution in [1.82, 2.24) is 9.55 Å². The minimum atomic E-state index is -1.21. The normalized spacial score (nSPS) is 11.9. The van der Waals surface area contributed by atoms with E-state index in [0.717, 1.165) is 16.9 Å². The third-order valence-corrected chi connectivity index (χ3v) is 5.94. The lowest BCUT2D eigenvalue weighted by Crippen LogP contribution is -2.33. The highest BCUT2D eigenvalue weighted by atomic mass is 32.1. The van der Waals surface area contributed by atoms with Gasteiger partial charge in [0, 0.05) is 16.6 Å². The van der Waals surface area contributed by atoms with Crippen molar-refractivity contribution < 1.29 is 14.7 Å². The Balaban J connectivity index is 1.93. The van der Waals surface area contributed by atoms with Crippen molar-refractivity contribution >= 4 is 39.1 Å². The quantitative estimate of drug-likeness (QED) is 0.488. The van der Waals surface area contributed by atoms with Crippen molar-refractivity contribution in [3.63, 3.8) is 0 Å². The lowest BCUT2D eigenvalue weighted by molar-refractivity contribution is -0.118. The van der Waals surface area contributed by atoms with Gasteiger partial charge in [-0.05, 0) is 31.5 Å². The summed E-state index contributed by atoms with van der Waals surface area (Å²) in [4.78, 5) is 43.1. The molecule has 0 radical (unpaired) electrons. The van der Waals surface area contributed by atoms with E-state index in [-0.39, 0.29) is 10.9 Å². The van der Waals surface area contributed by atoms with Gasteiger partial charge >= 0.3 is 5.97 Å². The number of carboxylic acids is 1. The fourth-order valence-electron chi connectivity index (χ4n) is 3.42. The van der Waals surface area contributed by atoms with Crippen LogP contribution in [0.5, 0.6) is 0 Å².